The molecule has 1 amide bonds. The smallest absolute Gasteiger partial charge is 0.225 e. The van der Waals surface area contributed by atoms with E-state index in [2.05, 4.69) is 32.3 Å². The van der Waals surface area contributed by atoms with E-state index in [9.17, 15) is 9.59 Å². The van der Waals surface area contributed by atoms with Crippen LogP contribution in [0.15, 0.2) is 30.3 Å². The fourth-order valence-electron chi connectivity index (χ4n) is 6.12. The summed E-state index contributed by atoms with van der Waals surface area (Å²) in [7, 11) is 1.59. The quantitative estimate of drug-likeness (QED) is 0.282. The van der Waals surface area contributed by atoms with Gasteiger partial charge in [0.2, 0.25) is 11.8 Å². The second kappa shape index (κ2) is 12.5. The number of fused-ring (bicyclic) bond motifs is 1. The highest BCUT2D eigenvalue weighted by molar-refractivity contribution is 5.85. The van der Waals surface area contributed by atoms with E-state index in [1.54, 1.807) is 7.11 Å². The lowest BCUT2D eigenvalue weighted by Gasteiger charge is -2.32. The molecule has 2 fully saturated rings. The maximum Gasteiger partial charge on any atom is 0.225 e. The van der Waals surface area contributed by atoms with Gasteiger partial charge in [0.1, 0.15) is 11.6 Å². The van der Waals surface area contributed by atoms with Gasteiger partial charge in [-0.2, -0.15) is 5.10 Å². The van der Waals surface area contributed by atoms with Crippen molar-refractivity contribution >= 4 is 22.6 Å². The van der Waals surface area contributed by atoms with Crippen molar-refractivity contribution in [3.05, 3.63) is 36.2 Å². The van der Waals surface area contributed by atoms with Crippen LogP contribution >= 0.6 is 0 Å². The van der Waals surface area contributed by atoms with E-state index in [1.165, 1.54) is 0 Å². The number of ketones is 1. The molecule has 214 valence electrons. The molecule has 40 heavy (non-hydrogen) atoms. The molecular weight excluding hydrogens is 504 g/mol. The first kappa shape index (κ1) is 28.2. The first-order valence-corrected chi connectivity index (χ1v) is 14.9. The van der Waals surface area contributed by atoms with Crippen LogP contribution in [0.5, 0.6) is 5.88 Å². The number of para-hydroxylation sites is 1. The summed E-state index contributed by atoms with van der Waals surface area (Å²) in [6.07, 6.45) is 7.80. The highest BCUT2D eigenvalue weighted by Crippen LogP contribution is 2.59. The predicted octanol–water partition coefficient (Wildman–Crippen LogP) is 5.24. The number of likely N-dealkylation sites (tertiary alicyclic amines) is 1. The number of amides is 1. The number of aromatic nitrogens is 4. The number of nitrogens with one attached hydrogen (secondary N) is 2. The molecule has 2 aromatic heterocycles. The number of carbonyl (C=O) groups excluding carboxylic acids is 2. The Morgan fingerprint density at radius 1 is 1.15 bits per heavy atom. The molecule has 1 saturated heterocycles. The Morgan fingerprint density at radius 3 is 2.70 bits per heavy atom. The van der Waals surface area contributed by atoms with E-state index in [0.717, 1.165) is 75.5 Å². The van der Waals surface area contributed by atoms with Crippen LogP contribution < -0.4 is 10.1 Å². The third kappa shape index (κ3) is 6.19. The molecule has 3 aromatic rings. The molecule has 1 spiro atoms. The molecule has 3 heterocycles. The van der Waals surface area contributed by atoms with Crippen molar-refractivity contribution in [3.8, 4) is 17.3 Å². The van der Waals surface area contributed by atoms with Crippen LogP contribution in [0.3, 0.4) is 0 Å². The number of ether oxygens (including phenoxy) is 1. The minimum Gasteiger partial charge on any atom is -0.480 e. The highest BCUT2D eigenvalue weighted by Gasteiger charge is 2.58. The molecule has 1 aromatic carbocycles. The Bertz CT molecular complexity index is 1330. The predicted molar refractivity (Wildman–Crippen MR) is 155 cm³/mol. The summed E-state index contributed by atoms with van der Waals surface area (Å²) in [4.78, 5) is 37.1. The second-order valence-electron chi connectivity index (χ2n) is 11.4. The van der Waals surface area contributed by atoms with Gasteiger partial charge in [-0.25, -0.2) is 9.97 Å². The Labute approximate surface area is 236 Å². The zero-order valence-electron chi connectivity index (χ0n) is 24.0. The minimum absolute atomic E-state index is 0.0726. The number of unbranched alkanes of at least 4 members (excludes halogenated alkanes) is 2. The van der Waals surface area contributed by atoms with E-state index < -0.39 is 0 Å². The molecule has 9 heteroatoms. The first-order chi connectivity index (χ1) is 19.5. The van der Waals surface area contributed by atoms with E-state index >= 15 is 0 Å². The number of pyridine rings is 1. The van der Waals surface area contributed by atoms with Crippen LogP contribution in [0.25, 0.3) is 22.3 Å². The van der Waals surface area contributed by atoms with Gasteiger partial charge in [0, 0.05) is 24.1 Å². The molecule has 5 rings (SSSR count). The molecule has 2 N–H and O–H groups in total. The average Bonchev–Trinajstić information content (AvgIpc) is 3.46. The molecule has 9 nitrogen and oxygen atoms in total. The van der Waals surface area contributed by atoms with Gasteiger partial charge in [0.25, 0.3) is 0 Å². The summed E-state index contributed by atoms with van der Waals surface area (Å²) in [6, 6.07) is 9.58. The fourth-order valence-corrected chi connectivity index (χ4v) is 6.12. The van der Waals surface area contributed by atoms with Gasteiger partial charge in [-0.1, -0.05) is 44.9 Å². The van der Waals surface area contributed by atoms with Crippen LogP contribution in [-0.4, -0.2) is 63.5 Å². The number of hydrogen-bond acceptors (Lipinski definition) is 7. The summed E-state index contributed by atoms with van der Waals surface area (Å²) in [6.45, 7) is 7.34. The number of nitrogens with zero attached hydrogens (tertiary/aromatic N) is 4. The zero-order chi connectivity index (χ0) is 28.1. The molecule has 0 bridgehead atoms. The summed E-state index contributed by atoms with van der Waals surface area (Å²) in [5.74, 6) is 2.09. The van der Waals surface area contributed by atoms with Crippen molar-refractivity contribution in [3.63, 3.8) is 0 Å². The number of methoxy groups -OCH3 is 1. The van der Waals surface area contributed by atoms with E-state index in [1.807, 2.05) is 37.3 Å². The van der Waals surface area contributed by atoms with E-state index in [0.29, 0.717) is 41.7 Å². The zero-order valence-corrected chi connectivity index (χ0v) is 24.0. The molecule has 1 aliphatic carbocycles. The molecule has 0 radical (unpaired) electrons. The lowest BCUT2D eigenvalue weighted by molar-refractivity contribution is -0.124. The third-order valence-corrected chi connectivity index (χ3v) is 8.92. The molecular formula is C31H42N6O3. The maximum absolute atomic E-state index is 13.5. The van der Waals surface area contributed by atoms with Gasteiger partial charge in [-0.3, -0.25) is 14.7 Å². The van der Waals surface area contributed by atoms with Gasteiger partial charge in [-0.05, 0) is 69.3 Å². The largest absolute Gasteiger partial charge is 0.480 e. The van der Waals surface area contributed by atoms with Gasteiger partial charge in [0.05, 0.1) is 24.2 Å². The number of piperidine rings is 1. The summed E-state index contributed by atoms with van der Waals surface area (Å²) in [5, 5.41) is 11.9. The SMILES string of the molecule is CCC(=O)CCCCC[C@H](NC(=O)[C@H]1CC12CCN(CC)CC2)c1nc(-c2cc3ccccc3nc2OC)n[nH]1. The minimum atomic E-state index is -0.275. The number of hydrogen-bond donors (Lipinski definition) is 2. The Kier molecular flexibility index (Phi) is 8.78. The number of benzene rings is 1. The van der Waals surface area contributed by atoms with Crippen LogP contribution in [0, 0.1) is 11.3 Å². The topological polar surface area (TPSA) is 113 Å². The van der Waals surface area contributed by atoms with Crippen LogP contribution in [0.1, 0.15) is 83.5 Å². The third-order valence-electron chi connectivity index (χ3n) is 8.92. The van der Waals surface area contributed by atoms with Crippen LogP contribution in [-0.2, 0) is 9.59 Å². The number of Topliss-reactive ketones (excluding diaryl/α,β-unsaturated/α-hetero) is 1. The fraction of sp³-hybridized carbons (Fsp3) is 0.581. The molecule has 2 atom stereocenters. The lowest BCUT2D eigenvalue weighted by atomic mass is 9.90. The number of H-pyrrole nitrogens is 1. The number of rotatable bonds is 13. The number of aromatic amines is 1. The van der Waals surface area contributed by atoms with Crippen LogP contribution in [0.2, 0.25) is 0 Å². The van der Waals surface area contributed by atoms with Gasteiger partial charge >= 0.3 is 0 Å². The Balaban J connectivity index is 1.31. The van der Waals surface area contributed by atoms with Crippen molar-refractivity contribution in [1.29, 1.82) is 0 Å². The molecule has 1 aliphatic heterocycles. The van der Waals surface area contributed by atoms with Crippen molar-refractivity contribution in [1.82, 2.24) is 30.4 Å². The summed E-state index contributed by atoms with van der Waals surface area (Å²) in [5.41, 5.74) is 1.71. The van der Waals surface area contributed by atoms with Gasteiger partial charge in [-0.15, -0.1) is 0 Å². The van der Waals surface area contributed by atoms with Crippen molar-refractivity contribution < 1.29 is 14.3 Å². The van der Waals surface area contributed by atoms with Crippen molar-refractivity contribution in [2.75, 3.05) is 26.7 Å². The highest BCUT2D eigenvalue weighted by atomic mass is 16.5. The van der Waals surface area contributed by atoms with Gasteiger partial charge < -0.3 is 15.0 Å². The van der Waals surface area contributed by atoms with Gasteiger partial charge in [0.15, 0.2) is 5.82 Å². The summed E-state index contributed by atoms with van der Waals surface area (Å²) >= 11 is 0. The second-order valence-corrected chi connectivity index (χ2v) is 11.4. The average molecular weight is 547 g/mol. The standard InChI is InChI=1S/C31H42N6O3/c1-4-22(38)12-7-6-8-14-26(32-29(39)24-20-31(24)15-17-37(5-2)18-16-31)28-34-27(35-36-28)23-19-21-11-9-10-13-25(21)33-30(23)40-3/h9-11,13,19,24,26H,4-8,12,14-18,20H2,1-3H3,(H,32,39)(H,34,35,36)/t24-,26+/m1/s1. The Morgan fingerprint density at radius 2 is 1.95 bits per heavy atom. The van der Waals surface area contributed by atoms with Crippen LogP contribution in [0.4, 0.5) is 0 Å². The summed E-state index contributed by atoms with van der Waals surface area (Å²) < 4.78 is 5.58. The first-order valence-electron chi connectivity index (χ1n) is 14.9. The Hall–Kier alpha value is -3.33. The molecule has 2 aliphatic rings. The molecule has 0 unspecified atom stereocenters. The number of carbonyl (C=O) groups is 2. The monoisotopic (exact) mass is 546 g/mol. The van der Waals surface area contributed by atoms with E-state index in [4.69, 9.17) is 9.72 Å². The van der Waals surface area contributed by atoms with E-state index in [-0.39, 0.29) is 23.3 Å². The van der Waals surface area contributed by atoms with Crippen molar-refractivity contribution in [2.24, 2.45) is 11.3 Å². The molecule has 1 saturated carbocycles. The normalized spacial score (nSPS) is 19.0. The lowest BCUT2D eigenvalue weighted by Crippen LogP contribution is -2.37. The maximum atomic E-state index is 13.5. The van der Waals surface area contributed by atoms with Crippen molar-refractivity contribution in [2.45, 2.75) is 77.7 Å².